The minimum atomic E-state index is -0.507. The summed E-state index contributed by atoms with van der Waals surface area (Å²) in [5.41, 5.74) is 2.99. The molecule has 0 radical (unpaired) electrons. The molecule has 0 aliphatic carbocycles. The van der Waals surface area contributed by atoms with Gasteiger partial charge in [0.15, 0.2) is 0 Å². The molecular formula is C18H23BrN6O3. The summed E-state index contributed by atoms with van der Waals surface area (Å²) in [7, 11) is 0. The number of aryl methyl sites for hydroxylation is 2. The fourth-order valence-corrected chi connectivity index (χ4v) is 3.73. The highest BCUT2D eigenvalue weighted by Crippen LogP contribution is 2.22. The minimum absolute atomic E-state index is 0.0162. The molecule has 1 aromatic heterocycles. The summed E-state index contributed by atoms with van der Waals surface area (Å²) in [6.45, 7) is 7.84. The number of hydrogen-bond acceptors (Lipinski definition) is 6. The van der Waals surface area contributed by atoms with E-state index in [2.05, 4.69) is 36.1 Å². The Morgan fingerprint density at radius 3 is 2.39 bits per heavy atom. The molecule has 0 atom stereocenters. The van der Waals surface area contributed by atoms with Crippen LogP contribution in [0.15, 0.2) is 28.9 Å². The van der Waals surface area contributed by atoms with Crippen molar-refractivity contribution in [1.29, 1.82) is 0 Å². The van der Waals surface area contributed by atoms with E-state index in [4.69, 9.17) is 0 Å². The number of para-hydroxylation sites is 1. The molecular weight excluding hydrogens is 428 g/mol. The Balaban J connectivity index is 1.48. The van der Waals surface area contributed by atoms with Gasteiger partial charge < -0.3 is 15.4 Å². The molecule has 0 unspecified atom stereocenters. The molecule has 1 N–H and O–H groups in total. The van der Waals surface area contributed by atoms with Crippen molar-refractivity contribution in [2.75, 3.05) is 38.0 Å². The summed E-state index contributed by atoms with van der Waals surface area (Å²) in [4.78, 5) is 27.1. The predicted molar refractivity (Wildman–Crippen MR) is 109 cm³/mol. The van der Waals surface area contributed by atoms with E-state index in [0.717, 1.165) is 43.0 Å². The second kappa shape index (κ2) is 8.80. The normalized spacial score (nSPS) is 15.5. The van der Waals surface area contributed by atoms with Gasteiger partial charge in [0, 0.05) is 31.9 Å². The van der Waals surface area contributed by atoms with Crippen LogP contribution in [0.5, 0.6) is 0 Å². The number of halogens is 1. The number of piperazine rings is 1. The van der Waals surface area contributed by atoms with Crippen LogP contribution in [0, 0.1) is 24.0 Å². The number of nitrogens with one attached hydrogen (secondary N) is 1. The quantitative estimate of drug-likeness (QED) is 0.535. The first-order chi connectivity index (χ1) is 13.3. The Bertz CT molecular complexity index is 856. The van der Waals surface area contributed by atoms with Crippen molar-refractivity contribution < 1.29 is 9.72 Å². The number of carbonyl (C=O) groups excluding carboxylic acids is 1. The maximum Gasteiger partial charge on any atom is 0.404 e. The van der Waals surface area contributed by atoms with Gasteiger partial charge in [0.05, 0.1) is 17.8 Å². The molecule has 10 heteroatoms. The van der Waals surface area contributed by atoms with E-state index in [9.17, 15) is 14.9 Å². The Morgan fingerprint density at radius 2 is 1.82 bits per heavy atom. The molecule has 1 aliphatic rings. The molecule has 0 saturated carbocycles. The van der Waals surface area contributed by atoms with Gasteiger partial charge in [-0.1, -0.05) is 18.2 Å². The van der Waals surface area contributed by atoms with Gasteiger partial charge in [0.1, 0.15) is 11.1 Å². The van der Waals surface area contributed by atoms with Gasteiger partial charge in [-0.15, -0.1) is 0 Å². The van der Waals surface area contributed by atoms with E-state index in [-0.39, 0.29) is 11.7 Å². The van der Waals surface area contributed by atoms with Crippen molar-refractivity contribution in [3.63, 3.8) is 0 Å². The second-order valence-corrected chi connectivity index (χ2v) is 7.80. The number of rotatable bonds is 6. The summed E-state index contributed by atoms with van der Waals surface area (Å²) in [6.07, 6.45) is 1.61. The lowest BCUT2D eigenvalue weighted by atomic mass is 10.1. The van der Waals surface area contributed by atoms with Gasteiger partial charge in [0.25, 0.3) is 0 Å². The standard InChI is InChI=1S/C18H23BrN6O3/c1-13-4-3-5-14(2)17(13)20-16(26)11-22-6-8-23(9-7-22)12-24-10-15(19)18(21-24)25(27)28/h3-5,10H,6-9,11-12H2,1-2H3,(H,20,26). The zero-order valence-electron chi connectivity index (χ0n) is 15.9. The van der Waals surface area contributed by atoms with Crippen LogP contribution in [0.25, 0.3) is 0 Å². The molecule has 2 heterocycles. The first-order valence-electron chi connectivity index (χ1n) is 9.01. The smallest absolute Gasteiger partial charge is 0.358 e. The average molecular weight is 451 g/mol. The Labute approximate surface area is 171 Å². The molecule has 1 saturated heterocycles. The molecule has 1 fully saturated rings. The number of aromatic nitrogens is 2. The number of nitrogens with zero attached hydrogens (tertiary/aromatic N) is 5. The maximum atomic E-state index is 12.4. The van der Waals surface area contributed by atoms with E-state index in [0.29, 0.717) is 17.7 Å². The van der Waals surface area contributed by atoms with Crippen molar-refractivity contribution in [3.05, 3.63) is 50.1 Å². The van der Waals surface area contributed by atoms with Crippen molar-refractivity contribution >= 4 is 33.3 Å². The summed E-state index contributed by atoms with van der Waals surface area (Å²) in [5, 5.41) is 17.9. The molecule has 1 aromatic carbocycles. The molecule has 150 valence electrons. The monoisotopic (exact) mass is 450 g/mol. The summed E-state index contributed by atoms with van der Waals surface area (Å²) >= 11 is 3.16. The van der Waals surface area contributed by atoms with E-state index >= 15 is 0 Å². The second-order valence-electron chi connectivity index (χ2n) is 6.95. The van der Waals surface area contributed by atoms with E-state index in [1.165, 1.54) is 0 Å². The van der Waals surface area contributed by atoms with Gasteiger partial charge in [0.2, 0.25) is 5.91 Å². The Hall–Kier alpha value is -2.30. The molecule has 1 amide bonds. The number of nitro groups is 1. The van der Waals surface area contributed by atoms with Gasteiger partial charge in [-0.2, -0.15) is 4.68 Å². The number of benzene rings is 1. The maximum absolute atomic E-state index is 12.4. The van der Waals surface area contributed by atoms with Crippen LogP contribution >= 0.6 is 15.9 Å². The average Bonchev–Trinajstić information content (AvgIpc) is 3.00. The third-order valence-electron chi connectivity index (χ3n) is 4.79. The topological polar surface area (TPSA) is 96.5 Å². The number of carbonyl (C=O) groups is 1. The molecule has 9 nitrogen and oxygen atoms in total. The van der Waals surface area contributed by atoms with Crippen LogP contribution < -0.4 is 5.32 Å². The third kappa shape index (κ3) is 4.94. The molecule has 0 spiro atoms. The summed E-state index contributed by atoms with van der Waals surface area (Å²) < 4.78 is 1.94. The predicted octanol–water partition coefficient (Wildman–Crippen LogP) is 2.38. The van der Waals surface area contributed by atoms with Gasteiger partial charge in [-0.3, -0.25) is 14.6 Å². The Morgan fingerprint density at radius 1 is 1.21 bits per heavy atom. The molecule has 1 aliphatic heterocycles. The molecule has 3 rings (SSSR count). The highest BCUT2D eigenvalue weighted by atomic mass is 79.9. The van der Waals surface area contributed by atoms with Crippen LogP contribution in [-0.4, -0.2) is 63.1 Å². The van der Waals surface area contributed by atoms with Crippen LogP contribution in [0.1, 0.15) is 11.1 Å². The van der Waals surface area contributed by atoms with Crippen molar-refractivity contribution in [2.24, 2.45) is 0 Å². The largest absolute Gasteiger partial charge is 0.404 e. The zero-order chi connectivity index (χ0) is 20.3. The van der Waals surface area contributed by atoms with Crippen molar-refractivity contribution in [2.45, 2.75) is 20.5 Å². The fourth-order valence-electron chi connectivity index (χ4n) is 3.27. The first-order valence-corrected chi connectivity index (χ1v) is 9.81. The zero-order valence-corrected chi connectivity index (χ0v) is 17.5. The molecule has 0 bridgehead atoms. The van der Waals surface area contributed by atoms with Crippen LogP contribution in [0.2, 0.25) is 0 Å². The van der Waals surface area contributed by atoms with E-state index in [1.54, 1.807) is 10.9 Å². The number of hydrogen-bond donors (Lipinski definition) is 1. The lowest BCUT2D eigenvalue weighted by molar-refractivity contribution is -0.390. The molecule has 2 aromatic rings. The van der Waals surface area contributed by atoms with E-state index < -0.39 is 4.92 Å². The lowest BCUT2D eigenvalue weighted by Gasteiger charge is -2.33. The minimum Gasteiger partial charge on any atom is -0.358 e. The highest BCUT2D eigenvalue weighted by Gasteiger charge is 2.23. The number of anilines is 1. The van der Waals surface area contributed by atoms with Crippen molar-refractivity contribution in [3.8, 4) is 0 Å². The van der Waals surface area contributed by atoms with Crippen LogP contribution in [0.4, 0.5) is 11.5 Å². The van der Waals surface area contributed by atoms with Gasteiger partial charge in [-0.25, -0.2) is 0 Å². The third-order valence-corrected chi connectivity index (χ3v) is 5.35. The lowest BCUT2D eigenvalue weighted by Crippen LogP contribution is -2.48. The fraction of sp³-hybridized carbons (Fsp3) is 0.444. The first kappa shape index (κ1) is 20.4. The van der Waals surface area contributed by atoms with Crippen LogP contribution in [-0.2, 0) is 11.5 Å². The van der Waals surface area contributed by atoms with Crippen molar-refractivity contribution in [1.82, 2.24) is 19.6 Å². The molecule has 28 heavy (non-hydrogen) atoms. The summed E-state index contributed by atoms with van der Waals surface area (Å²) in [6, 6.07) is 5.95. The van der Waals surface area contributed by atoms with E-state index in [1.807, 2.05) is 32.0 Å². The summed E-state index contributed by atoms with van der Waals surface area (Å²) in [5.74, 6) is -0.195. The van der Waals surface area contributed by atoms with Gasteiger partial charge in [-0.05, 0) is 45.8 Å². The SMILES string of the molecule is Cc1cccc(C)c1NC(=O)CN1CCN(Cn2cc(Br)c([N+](=O)[O-])n2)CC1. The van der Waals surface area contributed by atoms with Gasteiger partial charge >= 0.3 is 5.82 Å². The number of amides is 1. The highest BCUT2D eigenvalue weighted by molar-refractivity contribution is 9.10. The van der Waals surface area contributed by atoms with Crippen LogP contribution in [0.3, 0.4) is 0 Å². The Kier molecular flexibility index (Phi) is 6.42.